The topological polar surface area (TPSA) is 64.6 Å². The Bertz CT molecular complexity index is 654. The molecule has 116 valence electrons. The molecule has 1 N–H and O–H groups in total. The lowest BCUT2D eigenvalue weighted by atomic mass is 10.0. The molecular formula is C17H19NO4. The van der Waals surface area contributed by atoms with Crippen molar-refractivity contribution in [3.8, 4) is 5.75 Å². The second-order valence-corrected chi connectivity index (χ2v) is 4.80. The fourth-order valence-corrected chi connectivity index (χ4v) is 2.16. The summed E-state index contributed by atoms with van der Waals surface area (Å²) >= 11 is 0. The minimum absolute atomic E-state index is 0.119. The van der Waals surface area contributed by atoms with Crippen LogP contribution in [0.5, 0.6) is 5.75 Å². The first-order chi connectivity index (χ1) is 10.8. The van der Waals surface area contributed by atoms with E-state index in [2.05, 4.69) is 5.32 Å². The Labute approximate surface area is 129 Å². The number of carbonyl (C=O) groups is 2. The van der Waals surface area contributed by atoms with Crippen LogP contribution in [-0.2, 0) is 9.53 Å². The van der Waals surface area contributed by atoms with Crippen molar-refractivity contribution < 1.29 is 19.1 Å². The molecule has 0 aliphatic heterocycles. The molecule has 0 saturated heterocycles. The molecule has 0 unspecified atom stereocenters. The molecule has 0 aliphatic carbocycles. The molecule has 1 amide bonds. The average Bonchev–Trinajstić information content (AvgIpc) is 2.56. The van der Waals surface area contributed by atoms with Crippen molar-refractivity contribution in [1.29, 1.82) is 0 Å². The van der Waals surface area contributed by atoms with Gasteiger partial charge in [-0.25, -0.2) is 0 Å². The van der Waals surface area contributed by atoms with E-state index in [1.54, 1.807) is 13.2 Å². The third kappa shape index (κ3) is 4.05. The lowest BCUT2D eigenvalue weighted by Crippen LogP contribution is -2.30. The molecule has 5 heteroatoms. The first-order valence-corrected chi connectivity index (χ1v) is 7.11. The van der Waals surface area contributed by atoms with Gasteiger partial charge in [0.2, 0.25) is 0 Å². The van der Waals surface area contributed by atoms with Gasteiger partial charge in [-0.1, -0.05) is 30.3 Å². The van der Waals surface area contributed by atoms with Crippen LogP contribution in [-0.4, -0.2) is 39.1 Å². The van der Waals surface area contributed by atoms with Crippen LogP contribution in [0.4, 0.5) is 0 Å². The van der Waals surface area contributed by atoms with Crippen LogP contribution in [0, 0.1) is 0 Å². The Kier molecular flexibility index (Phi) is 5.91. The van der Waals surface area contributed by atoms with Gasteiger partial charge in [-0.15, -0.1) is 0 Å². The van der Waals surface area contributed by atoms with E-state index in [0.29, 0.717) is 24.5 Å². The van der Waals surface area contributed by atoms with E-state index in [0.717, 1.165) is 23.5 Å². The van der Waals surface area contributed by atoms with Crippen LogP contribution in [0.25, 0.3) is 10.8 Å². The molecule has 5 nitrogen and oxygen atoms in total. The third-order valence-corrected chi connectivity index (χ3v) is 3.25. The van der Waals surface area contributed by atoms with Crippen molar-refractivity contribution in [2.75, 3.05) is 26.9 Å². The number of methoxy groups -OCH3 is 1. The van der Waals surface area contributed by atoms with Crippen molar-refractivity contribution in [3.05, 3.63) is 42.0 Å². The van der Waals surface area contributed by atoms with Crippen LogP contribution in [0.3, 0.4) is 0 Å². The van der Waals surface area contributed by atoms with Gasteiger partial charge in [-0.05, 0) is 23.3 Å². The summed E-state index contributed by atoms with van der Waals surface area (Å²) in [4.78, 5) is 23.0. The fourth-order valence-electron chi connectivity index (χ4n) is 2.16. The number of fused-ring (bicyclic) bond motifs is 1. The lowest BCUT2D eigenvalue weighted by Gasteiger charge is -2.11. The molecule has 22 heavy (non-hydrogen) atoms. The van der Waals surface area contributed by atoms with Gasteiger partial charge in [0.15, 0.2) is 12.9 Å². The minimum Gasteiger partial charge on any atom is -0.483 e. The van der Waals surface area contributed by atoms with Crippen molar-refractivity contribution in [2.24, 2.45) is 0 Å². The highest BCUT2D eigenvalue weighted by molar-refractivity contribution is 6.00. The van der Waals surface area contributed by atoms with Gasteiger partial charge in [0.05, 0.1) is 5.56 Å². The van der Waals surface area contributed by atoms with E-state index in [-0.39, 0.29) is 12.5 Å². The minimum atomic E-state index is -0.221. The fraction of sp³-hybridized carbons (Fsp3) is 0.294. The van der Waals surface area contributed by atoms with E-state index in [1.165, 1.54) is 0 Å². The van der Waals surface area contributed by atoms with Crippen LogP contribution in [0.2, 0.25) is 0 Å². The van der Waals surface area contributed by atoms with Crippen molar-refractivity contribution in [1.82, 2.24) is 5.32 Å². The maximum atomic E-state index is 11.7. The largest absolute Gasteiger partial charge is 0.483 e. The lowest BCUT2D eigenvalue weighted by molar-refractivity contribution is -0.123. The number of hydrogen-bond acceptors (Lipinski definition) is 4. The maximum absolute atomic E-state index is 11.7. The molecule has 0 heterocycles. The molecule has 0 fully saturated rings. The van der Waals surface area contributed by atoms with Crippen LogP contribution in [0.1, 0.15) is 16.8 Å². The Morgan fingerprint density at radius 3 is 2.82 bits per heavy atom. The molecule has 0 aliphatic rings. The standard InChI is InChI=1S/C17H19NO4/c1-21-10-4-9-18-17(20)12-22-16-8-7-13-5-2-3-6-14(13)15(16)11-19/h2-3,5-8,11H,4,9-10,12H2,1H3,(H,18,20). The third-order valence-electron chi connectivity index (χ3n) is 3.25. The maximum Gasteiger partial charge on any atom is 0.257 e. The van der Waals surface area contributed by atoms with Crippen LogP contribution < -0.4 is 10.1 Å². The molecule has 0 radical (unpaired) electrons. The average molecular weight is 301 g/mol. The summed E-state index contributed by atoms with van der Waals surface area (Å²) in [5, 5.41) is 4.50. The monoisotopic (exact) mass is 301 g/mol. The number of hydrogen-bond donors (Lipinski definition) is 1. The Morgan fingerprint density at radius 2 is 2.05 bits per heavy atom. The highest BCUT2D eigenvalue weighted by atomic mass is 16.5. The number of benzene rings is 2. The second kappa shape index (κ2) is 8.14. The summed E-state index contributed by atoms with van der Waals surface area (Å²) in [5.74, 6) is 0.196. The summed E-state index contributed by atoms with van der Waals surface area (Å²) in [6.45, 7) is 1.02. The molecule has 2 rings (SSSR count). The van der Waals surface area contributed by atoms with E-state index < -0.39 is 0 Å². The Balaban J connectivity index is 1.99. The molecule has 0 spiro atoms. The van der Waals surface area contributed by atoms with Gasteiger partial charge < -0.3 is 14.8 Å². The summed E-state index contributed by atoms with van der Waals surface area (Å²) in [5.41, 5.74) is 0.463. The number of carbonyl (C=O) groups excluding carboxylic acids is 2. The zero-order valence-electron chi connectivity index (χ0n) is 12.5. The smallest absolute Gasteiger partial charge is 0.257 e. The molecule has 0 atom stereocenters. The Hall–Kier alpha value is -2.40. The normalized spacial score (nSPS) is 10.4. The predicted molar refractivity (Wildman–Crippen MR) is 84.3 cm³/mol. The summed E-state index contributed by atoms with van der Waals surface area (Å²) < 4.78 is 10.4. The van der Waals surface area contributed by atoms with Gasteiger partial charge in [-0.2, -0.15) is 0 Å². The number of aldehydes is 1. The van der Waals surface area contributed by atoms with Gasteiger partial charge in [-0.3, -0.25) is 9.59 Å². The number of nitrogens with one attached hydrogen (secondary N) is 1. The highest BCUT2D eigenvalue weighted by Gasteiger charge is 2.09. The zero-order valence-corrected chi connectivity index (χ0v) is 12.5. The molecule has 0 saturated carbocycles. The molecule has 0 bridgehead atoms. The zero-order chi connectivity index (χ0) is 15.8. The van der Waals surface area contributed by atoms with Crippen molar-refractivity contribution >= 4 is 23.0 Å². The van der Waals surface area contributed by atoms with Gasteiger partial charge in [0, 0.05) is 20.3 Å². The van der Waals surface area contributed by atoms with E-state index in [4.69, 9.17) is 9.47 Å². The molecule has 0 aromatic heterocycles. The highest BCUT2D eigenvalue weighted by Crippen LogP contribution is 2.26. The number of ether oxygens (including phenoxy) is 2. The Morgan fingerprint density at radius 1 is 1.23 bits per heavy atom. The van der Waals surface area contributed by atoms with Crippen molar-refractivity contribution in [2.45, 2.75) is 6.42 Å². The predicted octanol–water partition coefficient (Wildman–Crippen LogP) is 2.18. The molecule has 2 aromatic carbocycles. The quantitative estimate of drug-likeness (QED) is 0.599. The number of amides is 1. The SMILES string of the molecule is COCCCNC(=O)COc1ccc2ccccc2c1C=O. The summed E-state index contributed by atoms with van der Waals surface area (Å²) in [7, 11) is 1.62. The first-order valence-electron chi connectivity index (χ1n) is 7.11. The molecule has 2 aromatic rings. The van der Waals surface area contributed by atoms with Gasteiger partial charge in [0.25, 0.3) is 5.91 Å². The van der Waals surface area contributed by atoms with E-state index in [1.807, 2.05) is 30.3 Å². The summed E-state index contributed by atoms with van der Waals surface area (Å²) in [6, 6.07) is 11.1. The van der Waals surface area contributed by atoms with E-state index >= 15 is 0 Å². The van der Waals surface area contributed by atoms with E-state index in [9.17, 15) is 9.59 Å². The summed E-state index contributed by atoms with van der Waals surface area (Å²) in [6.07, 6.45) is 1.51. The van der Waals surface area contributed by atoms with Crippen LogP contribution >= 0.6 is 0 Å². The second-order valence-electron chi connectivity index (χ2n) is 4.80. The van der Waals surface area contributed by atoms with Gasteiger partial charge in [0.1, 0.15) is 5.75 Å². The van der Waals surface area contributed by atoms with Crippen LogP contribution in [0.15, 0.2) is 36.4 Å². The van der Waals surface area contributed by atoms with Crippen molar-refractivity contribution in [3.63, 3.8) is 0 Å². The number of rotatable bonds is 8. The molecular weight excluding hydrogens is 282 g/mol. The first kappa shape index (κ1) is 16.0. The van der Waals surface area contributed by atoms with Gasteiger partial charge >= 0.3 is 0 Å².